The lowest BCUT2D eigenvalue weighted by Crippen LogP contribution is -2.45. The molecule has 0 aliphatic carbocycles. The Hall–Kier alpha value is -2.53. The van der Waals surface area contributed by atoms with Gasteiger partial charge in [0.2, 0.25) is 5.91 Å². The Bertz CT molecular complexity index is 810. The van der Waals surface area contributed by atoms with Crippen LogP contribution in [0.25, 0.3) is 5.70 Å². The number of nitrogens with zero attached hydrogens (tertiary/aromatic N) is 1. The van der Waals surface area contributed by atoms with Crippen LogP contribution in [0.1, 0.15) is 28.4 Å². The number of thioether (sulfide) groups is 1. The molecule has 1 aliphatic rings. The van der Waals surface area contributed by atoms with Crippen LogP contribution >= 0.6 is 11.8 Å². The lowest BCUT2D eigenvalue weighted by Gasteiger charge is -2.24. The van der Waals surface area contributed by atoms with Crippen molar-refractivity contribution in [1.29, 1.82) is 0 Å². The molecule has 1 unspecified atom stereocenters. The van der Waals surface area contributed by atoms with Gasteiger partial charge in [-0.25, -0.2) is 0 Å². The molecule has 0 aromatic heterocycles. The van der Waals surface area contributed by atoms with E-state index in [-0.39, 0.29) is 11.8 Å². The van der Waals surface area contributed by atoms with Crippen molar-refractivity contribution in [2.45, 2.75) is 24.8 Å². The smallest absolute Gasteiger partial charge is 0.259 e. The first-order chi connectivity index (χ1) is 12.5. The van der Waals surface area contributed by atoms with E-state index in [1.807, 2.05) is 18.2 Å². The molecule has 0 radical (unpaired) electrons. The summed E-state index contributed by atoms with van der Waals surface area (Å²) < 4.78 is 0. The molecular formula is C21H22N2O2S. The molecule has 2 aromatic rings. The third-order valence-corrected chi connectivity index (χ3v) is 5.45. The summed E-state index contributed by atoms with van der Waals surface area (Å²) in [6.07, 6.45) is 0. The molecule has 0 bridgehead atoms. The standard InChI is InChI=1S/C21H22N2O2S/c1-14-8-10-17(11-9-14)26-13-12-22-20(24)16(3)23-15(2)18-6-4-5-7-19(18)21(23)25/h4-11,16H,2,12-13H2,1,3H3,(H,22,24). The van der Waals surface area contributed by atoms with Crippen LogP contribution in [-0.2, 0) is 4.79 Å². The summed E-state index contributed by atoms with van der Waals surface area (Å²) in [5.41, 5.74) is 3.22. The predicted octanol–water partition coefficient (Wildman–Crippen LogP) is 3.72. The van der Waals surface area contributed by atoms with Crippen molar-refractivity contribution >= 4 is 29.3 Å². The van der Waals surface area contributed by atoms with Gasteiger partial charge in [-0.1, -0.05) is 42.5 Å². The molecule has 2 aromatic carbocycles. The monoisotopic (exact) mass is 366 g/mol. The summed E-state index contributed by atoms with van der Waals surface area (Å²) in [5, 5.41) is 2.91. The van der Waals surface area contributed by atoms with Crippen LogP contribution in [-0.4, -0.2) is 35.1 Å². The first-order valence-electron chi connectivity index (χ1n) is 8.58. The molecule has 0 saturated carbocycles. The minimum Gasteiger partial charge on any atom is -0.353 e. The maximum atomic E-state index is 12.6. The fourth-order valence-corrected chi connectivity index (χ4v) is 3.72. The van der Waals surface area contributed by atoms with E-state index >= 15 is 0 Å². The second kappa shape index (κ2) is 7.79. The highest BCUT2D eigenvalue weighted by Gasteiger charge is 2.36. The van der Waals surface area contributed by atoms with Gasteiger partial charge in [-0.2, -0.15) is 0 Å². The molecule has 3 rings (SSSR count). The predicted molar refractivity (Wildman–Crippen MR) is 106 cm³/mol. The fraction of sp³-hybridized carbons (Fsp3) is 0.238. The van der Waals surface area contributed by atoms with Gasteiger partial charge < -0.3 is 5.32 Å². The van der Waals surface area contributed by atoms with Crippen molar-refractivity contribution in [2.24, 2.45) is 0 Å². The Kier molecular flexibility index (Phi) is 5.47. The number of fused-ring (bicyclic) bond motifs is 1. The molecule has 1 N–H and O–H groups in total. The van der Waals surface area contributed by atoms with Gasteiger partial charge in [0, 0.05) is 34.0 Å². The van der Waals surface area contributed by atoms with Crippen molar-refractivity contribution in [3.05, 3.63) is 71.8 Å². The maximum absolute atomic E-state index is 12.6. The highest BCUT2D eigenvalue weighted by molar-refractivity contribution is 7.99. The Morgan fingerprint density at radius 1 is 1.15 bits per heavy atom. The molecule has 0 saturated heterocycles. The number of nitrogens with one attached hydrogen (secondary N) is 1. The number of amides is 2. The molecule has 2 amide bonds. The normalized spacial score (nSPS) is 14.3. The first kappa shape index (κ1) is 18.3. The lowest BCUT2D eigenvalue weighted by atomic mass is 10.1. The number of hydrogen-bond donors (Lipinski definition) is 1. The van der Waals surface area contributed by atoms with Crippen LogP contribution in [0.4, 0.5) is 0 Å². The van der Waals surface area contributed by atoms with E-state index in [9.17, 15) is 9.59 Å². The zero-order valence-corrected chi connectivity index (χ0v) is 15.8. The average Bonchev–Trinajstić information content (AvgIpc) is 2.90. The van der Waals surface area contributed by atoms with Gasteiger partial charge in [0.25, 0.3) is 5.91 Å². The van der Waals surface area contributed by atoms with Crippen LogP contribution in [0.5, 0.6) is 0 Å². The lowest BCUT2D eigenvalue weighted by molar-refractivity contribution is -0.124. The van der Waals surface area contributed by atoms with Crippen molar-refractivity contribution in [3.63, 3.8) is 0 Å². The molecule has 4 nitrogen and oxygen atoms in total. The summed E-state index contributed by atoms with van der Waals surface area (Å²) >= 11 is 1.69. The van der Waals surface area contributed by atoms with Crippen LogP contribution in [0.2, 0.25) is 0 Å². The van der Waals surface area contributed by atoms with Gasteiger partial charge in [0.1, 0.15) is 6.04 Å². The quantitative estimate of drug-likeness (QED) is 0.626. The minimum absolute atomic E-state index is 0.165. The number of hydrogen-bond acceptors (Lipinski definition) is 3. The summed E-state index contributed by atoms with van der Waals surface area (Å²) in [7, 11) is 0. The van der Waals surface area contributed by atoms with Crippen molar-refractivity contribution in [1.82, 2.24) is 10.2 Å². The molecule has 26 heavy (non-hydrogen) atoms. The largest absolute Gasteiger partial charge is 0.353 e. The Labute approximate surface area is 158 Å². The summed E-state index contributed by atoms with van der Waals surface area (Å²) in [6, 6.07) is 15.0. The van der Waals surface area contributed by atoms with E-state index in [1.165, 1.54) is 15.4 Å². The molecule has 1 heterocycles. The molecular weight excluding hydrogens is 344 g/mol. The van der Waals surface area contributed by atoms with Gasteiger partial charge in [0.05, 0.1) is 0 Å². The highest BCUT2D eigenvalue weighted by Crippen LogP contribution is 2.32. The van der Waals surface area contributed by atoms with Gasteiger partial charge in [-0.3, -0.25) is 14.5 Å². The Morgan fingerprint density at radius 3 is 2.46 bits per heavy atom. The number of carbonyl (C=O) groups is 2. The van der Waals surface area contributed by atoms with Crippen LogP contribution in [0.15, 0.2) is 60.0 Å². The second-order valence-electron chi connectivity index (χ2n) is 6.30. The summed E-state index contributed by atoms with van der Waals surface area (Å²) in [5.74, 6) is 0.440. The van der Waals surface area contributed by atoms with E-state index in [1.54, 1.807) is 24.8 Å². The average molecular weight is 366 g/mol. The van der Waals surface area contributed by atoms with E-state index in [2.05, 4.69) is 43.1 Å². The first-order valence-corrected chi connectivity index (χ1v) is 9.56. The third kappa shape index (κ3) is 3.68. The molecule has 134 valence electrons. The fourth-order valence-electron chi connectivity index (χ4n) is 2.96. The van der Waals surface area contributed by atoms with Crippen molar-refractivity contribution in [3.8, 4) is 0 Å². The zero-order chi connectivity index (χ0) is 18.7. The highest BCUT2D eigenvalue weighted by atomic mass is 32.2. The second-order valence-corrected chi connectivity index (χ2v) is 7.46. The molecule has 5 heteroatoms. The third-order valence-electron chi connectivity index (χ3n) is 4.44. The number of rotatable bonds is 6. The van der Waals surface area contributed by atoms with E-state index in [4.69, 9.17) is 0 Å². The van der Waals surface area contributed by atoms with Gasteiger partial charge in [-0.15, -0.1) is 11.8 Å². The minimum atomic E-state index is -0.591. The number of aryl methyl sites for hydroxylation is 1. The van der Waals surface area contributed by atoms with E-state index < -0.39 is 6.04 Å². The zero-order valence-electron chi connectivity index (χ0n) is 15.0. The molecule has 1 aliphatic heterocycles. The SMILES string of the molecule is C=C1c2ccccc2C(=O)N1C(C)C(=O)NCCSc1ccc(C)cc1. The summed E-state index contributed by atoms with van der Waals surface area (Å²) in [4.78, 5) is 27.7. The van der Waals surface area contributed by atoms with Gasteiger partial charge in [-0.05, 0) is 32.0 Å². The van der Waals surface area contributed by atoms with E-state index in [0.717, 1.165) is 11.3 Å². The van der Waals surface area contributed by atoms with Crippen LogP contribution < -0.4 is 5.32 Å². The Balaban J connectivity index is 1.53. The van der Waals surface area contributed by atoms with Crippen LogP contribution in [0.3, 0.4) is 0 Å². The topological polar surface area (TPSA) is 49.4 Å². The van der Waals surface area contributed by atoms with Crippen LogP contribution in [0, 0.1) is 6.92 Å². The van der Waals surface area contributed by atoms with E-state index in [0.29, 0.717) is 17.8 Å². The molecule has 1 atom stereocenters. The van der Waals surface area contributed by atoms with Gasteiger partial charge >= 0.3 is 0 Å². The number of carbonyl (C=O) groups excluding carboxylic acids is 2. The van der Waals surface area contributed by atoms with Gasteiger partial charge in [0.15, 0.2) is 0 Å². The van der Waals surface area contributed by atoms with Crippen molar-refractivity contribution < 1.29 is 9.59 Å². The molecule has 0 fully saturated rings. The Morgan fingerprint density at radius 2 is 1.81 bits per heavy atom. The number of benzene rings is 2. The van der Waals surface area contributed by atoms with Crippen molar-refractivity contribution in [2.75, 3.05) is 12.3 Å². The summed E-state index contributed by atoms with van der Waals surface area (Å²) in [6.45, 7) is 8.33. The molecule has 0 spiro atoms. The maximum Gasteiger partial charge on any atom is 0.259 e.